The maximum absolute atomic E-state index is 12.5. The Labute approximate surface area is 195 Å². The molecule has 0 unspecified atom stereocenters. The van der Waals surface area contributed by atoms with Gasteiger partial charge in [-0.1, -0.05) is 49.7 Å². The number of para-hydroxylation sites is 1. The first kappa shape index (κ1) is 22.1. The zero-order valence-electron chi connectivity index (χ0n) is 17.5. The van der Waals surface area contributed by atoms with Gasteiger partial charge in [-0.15, -0.1) is 0 Å². The zero-order valence-corrected chi connectivity index (χ0v) is 19.1. The van der Waals surface area contributed by atoms with Crippen molar-refractivity contribution < 1.29 is 14.3 Å². The number of carbonyl (C=O) groups excluding carboxylic acids is 1. The molecule has 0 saturated carbocycles. The molecular formula is C23H21ClN4O3S. The highest BCUT2D eigenvalue weighted by Gasteiger charge is 2.36. The number of hydrazone groups is 1. The van der Waals surface area contributed by atoms with Crippen LogP contribution in [0.5, 0.6) is 11.5 Å². The van der Waals surface area contributed by atoms with Crippen LogP contribution >= 0.6 is 23.4 Å². The van der Waals surface area contributed by atoms with Gasteiger partial charge in [0, 0.05) is 5.92 Å². The van der Waals surface area contributed by atoms with Gasteiger partial charge >= 0.3 is 0 Å². The van der Waals surface area contributed by atoms with E-state index in [-0.39, 0.29) is 17.3 Å². The first-order valence-electron chi connectivity index (χ1n) is 10.0. The van der Waals surface area contributed by atoms with Crippen molar-refractivity contribution in [3.05, 3.63) is 64.7 Å². The van der Waals surface area contributed by atoms with E-state index in [2.05, 4.69) is 10.1 Å². The summed E-state index contributed by atoms with van der Waals surface area (Å²) in [6.45, 7) is 4.74. The van der Waals surface area contributed by atoms with Gasteiger partial charge in [-0.2, -0.15) is 15.1 Å². The summed E-state index contributed by atoms with van der Waals surface area (Å²) in [5.41, 5.74) is 0.959. The topological polar surface area (TPSA) is 87.3 Å². The lowest BCUT2D eigenvalue weighted by Gasteiger charge is -2.20. The molecule has 1 N–H and O–H groups in total. The molecular weight excluding hydrogens is 448 g/mol. The van der Waals surface area contributed by atoms with Crippen LogP contribution in [-0.4, -0.2) is 40.2 Å². The second-order valence-electron chi connectivity index (χ2n) is 7.31. The number of nitrogens with one attached hydrogen (secondary N) is 1. The predicted molar refractivity (Wildman–Crippen MR) is 129 cm³/mol. The third-order valence-corrected chi connectivity index (χ3v) is 6.12. The number of benzene rings is 2. The Bertz CT molecular complexity index is 1140. The predicted octanol–water partition coefficient (Wildman–Crippen LogP) is 5.07. The largest absolute Gasteiger partial charge is 0.490 e. The smallest absolute Gasteiger partial charge is 0.283 e. The molecule has 2 aliphatic heterocycles. The van der Waals surface area contributed by atoms with Crippen molar-refractivity contribution in [3.8, 4) is 11.5 Å². The van der Waals surface area contributed by atoms with Gasteiger partial charge in [0.15, 0.2) is 5.84 Å². The number of hydrogen-bond acceptors (Lipinski definition) is 6. The number of carbonyl (C=O) groups is 1. The van der Waals surface area contributed by atoms with E-state index >= 15 is 0 Å². The molecule has 0 aromatic heterocycles. The number of fused-ring (bicyclic) bond motifs is 1. The number of nitrogens with zero attached hydrogens (tertiary/aromatic N) is 3. The molecule has 2 aliphatic rings. The molecule has 9 heteroatoms. The lowest BCUT2D eigenvalue weighted by atomic mass is 10.1. The fraction of sp³-hybridized carbons (Fsp3) is 0.217. The summed E-state index contributed by atoms with van der Waals surface area (Å²) in [7, 11) is 0. The lowest BCUT2D eigenvalue weighted by molar-refractivity contribution is -0.114. The number of thioether (sulfide) groups is 1. The maximum Gasteiger partial charge on any atom is 0.283 e. The van der Waals surface area contributed by atoms with E-state index in [1.165, 1.54) is 16.8 Å². The molecule has 0 atom stereocenters. The summed E-state index contributed by atoms with van der Waals surface area (Å²) >= 11 is 7.39. The average Bonchev–Trinajstić information content (AvgIpc) is 3.21. The Morgan fingerprint density at radius 1 is 1.12 bits per heavy atom. The van der Waals surface area contributed by atoms with Gasteiger partial charge in [0.05, 0.1) is 10.6 Å². The maximum atomic E-state index is 12.5. The average molecular weight is 469 g/mol. The van der Waals surface area contributed by atoms with Gasteiger partial charge in [0.1, 0.15) is 29.8 Å². The minimum absolute atomic E-state index is 0.0280. The minimum atomic E-state index is -0.439. The first-order chi connectivity index (χ1) is 15.4. The van der Waals surface area contributed by atoms with E-state index in [4.69, 9.17) is 26.5 Å². The van der Waals surface area contributed by atoms with Crippen molar-refractivity contribution in [2.75, 3.05) is 13.2 Å². The number of amides is 1. The van der Waals surface area contributed by atoms with Crippen LogP contribution in [0, 0.1) is 11.3 Å². The molecule has 4 rings (SSSR count). The van der Waals surface area contributed by atoms with E-state index < -0.39 is 5.91 Å². The number of amidine groups is 2. The van der Waals surface area contributed by atoms with Gasteiger partial charge in [0.2, 0.25) is 5.17 Å². The Morgan fingerprint density at radius 2 is 1.84 bits per heavy atom. The van der Waals surface area contributed by atoms with Crippen LogP contribution < -0.4 is 9.47 Å². The summed E-state index contributed by atoms with van der Waals surface area (Å²) in [4.78, 5) is 16.6. The van der Waals surface area contributed by atoms with Crippen LogP contribution in [-0.2, 0) is 4.79 Å². The molecule has 0 spiro atoms. The summed E-state index contributed by atoms with van der Waals surface area (Å²) in [6.07, 6.45) is 1.64. The standard InChI is InChI=1S/C23H21ClN4O3S/c1-14(2)22-27-28-20(25)17(21(29)26-23(28)32-22)13-15-7-9-16(10-8-15)30-11-12-31-19-6-4-3-5-18(19)24/h3-10,13-14,25H,11-12H2,1-2H3/b17-13+,25-20?. The van der Waals surface area contributed by atoms with Crippen LogP contribution in [0.25, 0.3) is 6.08 Å². The van der Waals surface area contributed by atoms with Crippen molar-refractivity contribution in [3.63, 3.8) is 0 Å². The molecule has 1 amide bonds. The second-order valence-corrected chi connectivity index (χ2v) is 8.70. The molecule has 32 heavy (non-hydrogen) atoms. The molecule has 164 valence electrons. The summed E-state index contributed by atoms with van der Waals surface area (Å²) in [5.74, 6) is 1.08. The van der Waals surface area contributed by atoms with Gasteiger partial charge in [-0.3, -0.25) is 10.2 Å². The Balaban J connectivity index is 1.37. The SMILES string of the molecule is CC(C)C1=NN2C(=N)/C(=C\c3ccc(OCCOc4ccccc4Cl)cc3)C(=O)N=C2S1. The monoisotopic (exact) mass is 468 g/mol. The molecule has 2 heterocycles. The number of halogens is 1. The third kappa shape index (κ3) is 4.87. The highest BCUT2D eigenvalue weighted by molar-refractivity contribution is 8.27. The summed E-state index contributed by atoms with van der Waals surface area (Å²) in [5, 5.41) is 16.1. The van der Waals surface area contributed by atoms with Gasteiger partial charge in [0.25, 0.3) is 5.91 Å². The van der Waals surface area contributed by atoms with Crippen molar-refractivity contribution in [1.82, 2.24) is 5.01 Å². The fourth-order valence-corrected chi connectivity index (χ4v) is 4.02. The summed E-state index contributed by atoms with van der Waals surface area (Å²) in [6, 6.07) is 14.5. The van der Waals surface area contributed by atoms with E-state index in [1.807, 2.05) is 38.1 Å². The minimum Gasteiger partial charge on any atom is -0.490 e. The normalized spacial score (nSPS) is 16.9. The van der Waals surface area contributed by atoms with E-state index in [9.17, 15) is 4.79 Å². The highest BCUT2D eigenvalue weighted by atomic mass is 35.5. The summed E-state index contributed by atoms with van der Waals surface area (Å²) < 4.78 is 11.3. The molecule has 2 aromatic carbocycles. The van der Waals surface area contributed by atoms with Gasteiger partial charge < -0.3 is 9.47 Å². The van der Waals surface area contributed by atoms with Crippen LogP contribution in [0.2, 0.25) is 5.02 Å². The van der Waals surface area contributed by atoms with Crippen LogP contribution in [0.3, 0.4) is 0 Å². The van der Waals surface area contributed by atoms with Crippen LogP contribution in [0.4, 0.5) is 0 Å². The Hall–Kier alpha value is -3.10. The molecule has 0 bridgehead atoms. The zero-order chi connectivity index (χ0) is 22.7. The van der Waals surface area contributed by atoms with E-state index in [0.29, 0.717) is 34.9 Å². The lowest BCUT2D eigenvalue weighted by Crippen LogP contribution is -2.35. The Morgan fingerprint density at radius 3 is 2.56 bits per heavy atom. The molecule has 0 aliphatic carbocycles. The Kier molecular flexibility index (Phi) is 6.62. The van der Waals surface area contributed by atoms with E-state index in [0.717, 1.165) is 10.6 Å². The number of ether oxygens (including phenoxy) is 2. The number of rotatable bonds is 7. The van der Waals surface area contributed by atoms with Crippen molar-refractivity contribution in [2.24, 2.45) is 16.0 Å². The van der Waals surface area contributed by atoms with Gasteiger partial charge in [-0.25, -0.2) is 0 Å². The second kappa shape index (κ2) is 9.58. The van der Waals surface area contributed by atoms with Crippen LogP contribution in [0.1, 0.15) is 19.4 Å². The fourth-order valence-electron chi connectivity index (χ4n) is 2.94. The molecule has 0 radical (unpaired) electrons. The van der Waals surface area contributed by atoms with Gasteiger partial charge in [-0.05, 0) is 47.7 Å². The molecule has 0 fully saturated rings. The first-order valence-corrected chi connectivity index (χ1v) is 11.2. The third-order valence-electron chi connectivity index (χ3n) is 4.60. The van der Waals surface area contributed by atoms with Crippen molar-refractivity contribution in [1.29, 1.82) is 5.41 Å². The van der Waals surface area contributed by atoms with E-state index in [1.54, 1.807) is 30.3 Å². The molecule has 2 aromatic rings. The van der Waals surface area contributed by atoms with Crippen molar-refractivity contribution >= 4 is 51.4 Å². The van der Waals surface area contributed by atoms with Crippen LogP contribution in [0.15, 0.2) is 64.2 Å². The molecule has 7 nitrogen and oxygen atoms in total. The molecule has 0 saturated heterocycles. The number of aliphatic imine (C=N–C) groups is 1. The number of hydrogen-bond donors (Lipinski definition) is 1. The van der Waals surface area contributed by atoms with Crippen molar-refractivity contribution in [2.45, 2.75) is 13.8 Å². The highest BCUT2D eigenvalue weighted by Crippen LogP contribution is 2.31. The quantitative estimate of drug-likeness (QED) is 0.452.